The number of hydrogen-bond acceptors (Lipinski definition) is 1. The maximum absolute atomic E-state index is 13.3. The van der Waals surface area contributed by atoms with Gasteiger partial charge in [-0.25, -0.2) is 4.39 Å². The first-order valence-corrected chi connectivity index (χ1v) is 5.09. The van der Waals surface area contributed by atoms with E-state index in [4.69, 9.17) is 4.74 Å². The van der Waals surface area contributed by atoms with Crippen molar-refractivity contribution in [1.29, 1.82) is 0 Å². The standard InChI is InChI=1S/C14H12FO/c1-10-6-5-9-13(11(10)2)16-14-8-4-3-7-12(14)15/h3-6,8-9H,1-2H3. The van der Waals surface area contributed by atoms with E-state index in [-0.39, 0.29) is 5.75 Å². The summed E-state index contributed by atoms with van der Waals surface area (Å²) in [6, 6.07) is 13.0. The van der Waals surface area contributed by atoms with E-state index in [1.54, 1.807) is 12.1 Å². The summed E-state index contributed by atoms with van der Waals surface area (Å²) >= 11 is 0. The molecule has 1 nitrogen and oxygen atoms in total. The molecule has 2 aromatic carbocycles. The van der Waals surface area contributed by atoms with Crippen LogP contribution in [0.15, 0.2) is 36.4 Å². The molecule has 2 aromatic rings. The lowest BCUT2D eigenvalue weighted by Crippen LogP contribution is -1.91. The van der Waals surface area contributed by atoms with Gasteiger partial charge in [0.15, 0.2) is 11.6 Å². The van der Waals surface area contributed by atoms with Gasteiger partial charge >= 0.3 is 0 Å². The van der Waals surface area contributed by atoms with Gasteiger partial charge in [0.1, 0.15) is 5.75 Å². The van der Waals surface area contributed by atoms with Crippen molar-refractivity contribution in [3.05, 3.63) is 59.4 Å². The number of aryl methyl sites for hydroxylation is 1. The van der Waals surface area contributed by atoms with Gasteiger partial charge in [0.25, 0.3) is 0 Å². The Morgan fingerprint density at radius 3 is 2.56 bits per heavy atom. The summed E-state index contributed by atoms with van der Waals surface area (Å²) in [4.78, 5) is 0. The van der Waals surface area contributed by atoms with Crippen LogP contribution in [0.3, 0.4) is 0 Å². The summed E-state index contributed by atoms with van der Waals surface area (Å²) in [5, 5.41) is 0. The molecule has 0 aliphatic rings. The second-order valence-electron chi connectivity index (χ2n) is 3.65. The molecule has 0 unspecified atom stereocenters. The molecule has 0 aliphatic heterocycles. The van der Waals surface area contributed by atoms with Crippen molar-refractivity contribution in [1.82, 2.24) is 0 Å². The molecule has 0 fully saturated rings. The van der Waals surface area contributed by atoms with Crippen LogP contribution in [0.4, 0.5) is 4.39 Å². The maximum Gasteiger partial charge on any atom is 0.173 e. The molecular weight excluding hydrogens is 203 g/mol. The summed E-state index contributed by atoms with van der Waals surface area (Å²) in [5.74, 6) is 0.415. The largest absolute Gasteiger partial charge is 0.454 e. The highest BCUT2D eigenvalue weighted by Crippen LogP contribution is 2.28. The lowest BCUT2D eigenvalue weighted by Gasteiger charge is -2.10. The average Bonchev–Trinajstić information content (AvgIpc) is 2.28. The summed E-state index contributed by atoms with van der Waals surface area (Å²) < 4.78 is 18.8. The van der Waals surface area contributed by atoms with Gasteiger partial charge in [-0.1, -0.05) is 24.3 Å². The molecule has 0 saturated heterocycles. The van der Waals surface area contributed by atoms with E-state index < -0.39 is 5.82 Å². The van der Waals surface area contributed by atoms with Crippen LogP contribution >= 0.6 is 0 Å². The Bertz CT molecular complexity index is 506. The van der Waals surface area contributed by atoms with Gasteiger partial charge in [0.2, 0.25) is 0 Å². The van der Waals surface area contributed by atoms with Crippen LogP contribution in [0.25, 0.3) is 0 Å². The summed E-state index contributed by atoms with van der Waals surface area (Å²) in [7, 11) is 0. The molecule has 1 radical (unpaired) electrons. The molecule has 2 heteroatoms. The number of halogens is 1. The third kappa shape index (κ3) is 2.06. The normalized spacial score (nSPS) is 10.2. The predicted octanol–water partition coefficient (Wildman–Crippen LogP) is 4.04. The molecule has 16 heavy (non-hydrogen) atoms. The molecule has 0 aliphatic carbocycles. The van der Waals surface area contributed by atoms with E-state index in [0.29, 0.717) is 5.75 Å². The van der Waals surface area contributed by atoms with Gasteiger partial charge in [-0.15, -0.1) is 0 Å². The minimum Gasteiger partial charge on any atom is -0.454 e. The zero-order valence-electron chi connectivity index (χ0n) is 9.25. The molecule has 0 atom stereocenters. The van der Waals surface area contributed by atoms with Crippen molar-refractivity contribution in [2.24, 2.45) is 0 Å². The molecule has 0 N–H and O–H groups in total. The van der Waals surface area contributed by atoms with Crippen molar-refractivity contribution in [2.45, 2.75) is 13.8 Å². The minimum absolute atomic E-state index is 0.205. The van der Waals surface area contributed by atoms with Gasteiger partial charge in [0, 0.05) is 6.07 Å². The first-order valence-electron chi connectivity index (χ1n) is 5.09. The second kappa shape index (κ2) is 4.35. The Labute approximate surface area is 94.5 Å². The number of hydrogen-bond donors (Lipinski definition) is 0. The molecular formula is C14H12FO. The maximum atomic E-state index is 13.3. The van der Waals surface area contributed by atoms with Crippen molar-refractivity contribution in [3.8, 4) is 11.5 Å². The van der Waals surface area contributed by atoms with Gasteiger partial charge in [-0.05, 0) is 37.1 Å². The fourth-order valence-electron chi connectivity index (χ4n) is 1.43. The van der Waals surface area contributed by atoms with Crippen LogP contribution < -0.4 is 4.74 Å². The van der Waals surface area contributed by atoms with E-state index >= 15 is 0 Å². The van der Waals surface area contributed by atoms with Crippen LogP contribution in [0, 0.1) is 25.7 Å². The van der Waals surface area contributed by atoms with Crippen molar-refractivity contribution in [3.63, 3.8) is 0 Å². The number of ether oxygens (including phenoxy) is 1. The first-order chi connectivity index (χ1) is 7.68. The monoisotopic (exact) mass is 215 g/mol. The van der Waals surface area contributed by atoms with Gasteiger partial charge in [-0.3, -0.25) is 0 Å². The van der Waals surface area contributed by atoms with Gasteiger partial charge < -0.3 is 4.74 Å². The fourth-order valence-corrected chi connectivity index (χ4v) is 1.43. The third-order valence-corrected chi connectivity index (χ3v) is 2.55. The van der Waals surface area contributed by atoms with Crippen molar-refractivity contribution in [2.75, 3.05) is 0 Å². The molecule has 0 amide bonds. The Kier molecular flexibility index (Phi) is 2.91. The molecule has 2 rings (SSSR count). The summed E-state index contributed by atoms with van der Waals surface area (Å²) in [6.07, 6.45) is 0. The Morgan fingerprint density at radius 1 is 1.06 bits per heavy atom. The van der Waals surface area contributed by atoms with E-state index in [0.717, 1.165) is 11.1 Å². The molecule has 0 aromatic heterocycles. The van der Waals surface area contributed by atoms with Crippen LogP contribution in [-0.2, 0) is 0 Å². The highest BCUT2D eigenvalue weighted by atomic mass is 19.1. The summed E-state index contributed by atoms with van der Waals surface area (Å²) in [6.45, 7) is 3.95. The van der Waals surface area contributed by atoms with E-state index in [1.165, 1.54) is 6.07 Å². The minimum atomic E-state index is -0.469. The molecule has 0 saturated carbocycles. The molecule has 0 bridgehead atoms. The van der Waals surface area contributed by atoms with Gasteiger partial charge in [-0.2, -0.15) is 0 Å². The fraction of sp³-hybridized carbons (Fsp3) is 0.143. The lowest BCUT2D eigenvalue weighted by molar-refractivity contribution is 0.438. The predicted molar refractivity (Wildman–Crippen MR) is 61.2 cm³/mol. The van der Waals surface area contributed by atoms with E-state index in [1.807, 2.05) is 32.0 Å². The molecule has 0 spiro atoms. The Balaban J connectivity index is 2.35. The quantitative estimate of drug-likeness (QED) is 0.734. The van der Waals surface area contributed by atoms with Crippen LogP contribution in [-0.4, -0.2) is 0 Å². The molecule has 0 heterocycles. The topological polar surface area (TPSA) is 9.23 Å². The van der Waals surface area contributed by atoms with E-state index in [9.17, 15) is 4.39 Å². The summed E-state index contributed by atoms with van der Waals surface area (Å²) in [5.41, 5.74) is 2.14. The number of benzene rings is 2. The van der Waals surface area contributed by atoms with Gasteiger partial charge in [0.05, 0.1) is 0 Å². The van der Waals surface area contributed by atoms with E-state index in [2.05, 4.69) is 6.07 Å². The second-order valence-corrected chi connectivity index (χ2v) is 3.65. The Morgan fingerprint density at radius 2 is 1.81 bits per heavy atom. The zero-order valence-corrected chi connectivity index (χ0v) is 9.25. The average molecular weight is 215 g/mol. The Hall–Kier alpha value is -1.83. The van der Waals surface area contributed by atoms with Crippen LogP contribution in [0.2, 0.25) is 0 Å². The zero-order chi connectivity index (χ0) is 11.5. The number of rotatable bonds is 2. The van der Waals surface area contributed by atoms with Crippen molar-refractivity contribution >= 4 is 0 Å². The molecule has 81 valence electrons. The third-order valence-electron chi connectivity index (χ3n) is 2.55. The lowest BCUT2D eigenvalue weighted by atomic mass is 10.1. The smallest absolute Gasteiger partial charge is 0.173 e. The van der Waals surface area contributed by atoms with Crippen molar-refractivity contribution < 1.29 is 9.13 Å². The van der Waals surface area contributed by atoms with Crippen LogP contribution in [0.1, 0.15) is 11.1 Å². The van der Waals surface area contributed by atoms with Crippen LogP contribution in [0.5, 0.6) is 11.5 Å². The SMILES string of the molecule is Cc1cccc(Oc2ccc[c]c2F)c1C. The highest BCUT2D eigenvalue weighted by Gasteiger charge is 2.06. The highest BCUT2D eigenvalue weighted by molar-refractivity contribution is 5.41. The first kappa shape index (κ1) is 10.7.